The Bertz CT molecular complexity index is 1840. The molecule has 3 rings (SSSR count). The highest BCUT2D eigenvalue weighted by Crippen LogP contribution is 2.39. The van der Waals surface area contributed by atoms with Crippen LogP contribution in [0.3, 0.4) is 0 Å². The van der Waals surface area contributed by atoms with Gasteiger partial charge in [-0.15, -0.1) is 0 Å². The summed E-state index contributed by atoms with van der Waals surface area (Å²) in [6.45, 7) is 2.13. The zero-order valence-electron chi connectivity index (χ0n) is 53.6. The molecule has 88 heavy (non-hydrogen) atoms. The fourth-order valence-electron chi connectivity index (χ4n) is 12.0. The molecule has 0 aromatic carbocycles. The normalized spacial score (nSPS) is 29.0. The number of hydrogen-bond acceptors (Lipinski definition) is 20. The lowest BCUT2D eigenvalue weighted by molar-refractivity contribution is -0.386. The van der Waals surface area contributed by atoms with Crippen LogP contribution >= 0.6 is 0 Å². The third-order valence-corrected chi connectivity index (χ3v) is 17.5. The number of aliphatic hydroxyl groups is 11. The van der Waals surface area contributed by atoms with Crippen molar-refractivity contribution in [1.29, 1.82) is 0 Å². The molecule has 3 aliphatic heterocycles. The Morgan fingerprint density at radius 1 is 0.591 bits per heavy atom. The fourth-order valence-corrected chi connectivity index (χ4v) is 12.0. The summed E-state index contributed by atoms with van der Waals surface area (Å²) in [5, 5.41) is 136. The van der Waals surface area contributed by atoms with Crippen molar-refractivity contribution >= 4 is 17.8 Å². The summed E-state index contributed by atoms with van der Waals surface area (Å²) < 4.78 is 34.7. The number of allylic oxidation sites excluding steroid dienone is 1. The van der Waals surface area contributed by atoms with Crippen LogP contribution in [0.4, 0.5) is 0 Å². The number of rotatable bonds is 51. The molecule has 23 nitrogen and oxygen atoms in total. The number of nitrogens with one attached hydrogen (secondary N) is 2. The Kier molecular flexibility index (Phi) is 42.1. The average Bonchev–Trinajstić information content (AvgIpc) is 0.829. The van der Waals surface area contributed by atoms with Gasteiger partial charge in [-0.25, -0.2) is 4.79 Å². The Labute approximate surface area is 524 Å². The minimum absolute atomic E-state index is 0.205. The molecular formula is C65H120N2O21. The Morgan fingerprint density at radius 3 is 1.51 bits per heavy atom. The topological polar surface area (TPSA) is 373 Å². The highest BCUT2D eigenvalue weighted by molar-refractivity contribution is 5.77. The molecule has 18 atom stereocenters. The molecule has 23 heteroatoms. The lowest BCUT2D eigenvalue weighted by Gasteiger charge is -2.50. The smallest absolute Gasteiger partial charge is 0.364 e. The van der Waals surface area contributed by atoms with Crippen LogP contribution in [0, 0.1) is 0 Å². The van der Waals surface area contributed by atoms with Crippen LogP contribution in [0.1, 0.15) is 245 Å². The second-order valence-electron chi connectivity index (χ2n) is 25.0. The van der Waals surface area contributed by atoms with Gasteiger partial charge in [0.15, 0.2) is 12.6 Å². The number of carboxylic acid groups (broad SMARTS) is 1. The maximum absolute atomic E-state index is 13.4. The summed E-state index contributed by atoms with van der Waals surface area (Å²) in [6, 6.07) is -2.61. The van der Waals surface area contributed by atoms with Gasteiger partial charge in [0, 0.05) is 19.8 Å². The predicted octanol–water partition coefficient (Wildman–Crippen LogP) is 5.51. The number of carbonyl (C=O) groups is 3. The molecule has 3 fully saturated rings. The van der Waals surface area contributed by atoms with Crippen molar-refractivity contribution in [2.75, 3.05) is 26.4 Å². The van der Waals surface area contributed by atoms with E-state index in [1.165, 1.54) is 154 Å². The second kappa shape index (κ2) is 46.5. The number of amides is 2. The van der Waals surface area contributed by atoms with E-state index in [0.29, 0.717) is 12.8 Å². The first-order valence-electron chi connectivity index (χ1n) is 34.1. The monoisotopic (exact) mass is 1260 g/mol. The van der Waals surface area contributed by atoms with E-state index < -0.39 is 155 Å². The third-order valence-electron chi connectivity index (χ3n) is 17.5. The summed E-state index contributed by atoms with van der Waals surface area (Å²) in [4.78, 5) is 38.5. The van der Waals surface area contributed by atoms with E-state index in [4.69, 9.17) is 28.4 Å². The summed E-state index contributed by atoms with van der Waals surface area (Å²) in [7, 11) is 0. The van der Waals surface area contributed by atoms with Crippen molar-refractivity contribution in [2.24, 2.45) is 0 Å². The van der Waals surface area contributed by atoms with Gasteiger partial charge >= 0.3 is 5.97 Å². The van der Waals surface area contributed by atoms with Gasteiger partial charge in [0.25, 0.3) is 5.79 Å². The summed E-state index contributed by atoms with van der Waals surface area (Å²) >= 11 is 0. The van der Waals surface area contributed by atoms with Gasteiger partial charge in [0.1, 0.15) is 67.1 Å². The molecule has 0 saturated carbocycles. The van der Waals surface area contributed by atoms with Gasteiger partial charge in [-0.2, -0.15) is 0 Å². The van der Waals surface area contributed by atoms with E-state index in [1.54, 1.807) is 6.08 Å². The molecule has 0 spiro atoms. The highest BCUT2D eigenvalue weighted by Gasteiger charge is 2.60. The van der Waals surface area contributed by atoms with E-state index >= 15 is 0 Å². The van der Waals surface area contributed by atoms with Crippen LogP contribution in [-0.2, 0) is 42.8 Å². The molecule has 0 bridgehead atoms. The first-order chi connectivity index (χ1) is 42.4. The molecule has 0 aromatic rings. The SMILES string of the molecule is CCCCCCCCCCCCC/C=C/C(O)C(COC1OC(CO)C(OC2OC(CO)C(O)C(OC3(C(=O)O)CC(O)C(NC(C)=O)C(C(O)C(O)CO)O3)C2O)C(O)C1O)NC(=O)CCCCCCCCCCCCCCCCCCCCCCC. The molecular weight excluding hydrogens is 1140 g/mol. The summed E-state index contributed by atoms with van der Waals surface area (Å²) in [5.74, 6) is -6.14. The molecule has 2 amide bonds. The van der Waals surface area contributed by atoms with Gasteiger partial charge in [-0.3, -0.25) is 9.59 Å². The van der Waals surface area contributed by atoms with Crippen LogP contribution in [0.25, 0.3) is 0 Å². The Balaban J connectivity index is 1.59. The molecule has 14 N–H and O–H groups in total. The molecule has 0 aliphatic carbocycles. The molecule has 3 aliphatic rings. The average molecular weight is 1270 g/mol. The molecule has 516 valence electrons. The van der Waals surface area contributed by atoms with Crippen LogP contribution in [-0.4, -0.2) is 215 Å². The minimum Gasteiger partial charge on any atom is -0.477 e. The zero-order valence-corrected chi connectivity index (χ0v) is 53.6. The quantitative estimate of drug-likeness (QED) is 0.0264. The van der Waals surface area contributed by atoms with Gasteiger partial charge in [0.2, 0.25) is 11.8 Å². The van der Waals surface area contributed by atoms with Crippen molar-refractivity contribution < 1.29 is 104 Å². The van der Waals surface area contributed by atoms with E-state index in [-0.39, 0.29) is 12.3 Å². The van der Waals surface area contributed by atoms with Crippen molar-refractivity contribution in [2.45, 2.75) is 355 Å². The van der Waals surface area contributed by atoms with E-state index in [9.17, 15) is 75.7 Å². The van der Waals surface area contributed by atoms with Crippen LogP contribution in [0.2, 0.25) is 0 Å². The molecule has 18 unspecified atom stereocenters. The number of ether oxygens (including phenoxy) is 6. The van der Waals surface area contributed by atoms with E-state index in [0.717, 1.165) is 51.9 Å². The largest absolute Gasteiger partial charge is 0.477 e. The number of unbranched alkanes of at least 4 members (excludes halogenated alkanes) is 31. The van der Waals surface area contributed by atoms with E-state index in [2.05, 4.69) is 24.5 Å². The van der Waals surface area contributed by atoms with Crippen LogP contribution in [0.15, 0.2) is 12.2 Å². The Hall–Kier alpha value is -2.53. The van der Waals surface area contributed by atoms with Crippen LogP contribution in [0.5, 0.6) is 0 Å². The molecule has 3 heterocycles. The van der Waals surface area contributed by atoms with Crippen molar-refractivity contribution in [3.05, 3.63) is 12.2 Å². The van der Waals surface area contributed by atoms with Gasteiger partial charge in [-0.1, -0.05) is 219 Å². The van der Waals surface area contributed by atoms with Crippen LogP contribution < -0.4 is 10.6 Å². The number of carbonyl (C=O) groups excluding carboxylic acids is 2. The lowest BCUT2D eigenvalue weighted by Crippen LogP contribution is -2.70. The lowest BCUT2D eigenvalue weighted by atomic mass is 9.88. The number of aliphatic carboxylic acids is 1. The zero-order chi connectivity index (χ0) is 64.7. The van der Waals surface area contributed by atoms with Crippen molar-refractivity contribution in [3.8, 4) is 0 Å². The van der Waals surface area contributed by atoms with Gasteiger partial charge in [0.05, 0.1) is 50.7 Å². The maximum Gasteiger partial charge on any atom is 0.364 e. The maximum atomic E-state index is 13.4. The summed E-state index contributed by atoms with van der Waals surface area (Å²) in [6.07, 6.45) is 14.1. The second-order valence-corrected chi connectivity index (χ2v) is 25.0. The highest BCUT2D eigenvalue weighted by atomic mass is 16.8. The van der Waals surface area contributed by atoms with E-state index in [1.807, 2.05) is 6.08 Å². The number of carboxylic acids is 1. The summed E-state index contributed by atoms with van der Waals surface area (Å²) in [5.41, 5.74) is 0. The molecule has 0 aromatic heterocycles. The standard InChI is InChI=1S/C65H120N2O21/c1-4-6-8-10-12-14-16-18-19-20-21-22-23-24-25-27-29-31-33-35-37-39-52(75)67-46(47(72)38-36-34-32-30-28-26-17-15-13-11-9-7-5-2)44-83-62-57(79)56(78)59(51(43-70)85-62)86-63-58(80)61(55(77)50(42-69)84-63)88-65(64(81)82)40-48(73)53(66-45(3)71)60(87-65)54(76)49(74)41-68/h36,38,46-51,53-63,68-70,72-74,76-80H,4-35,37,39-44H2,1-3H3,(H,66,71)(H,67,75)(H,81,82)/b38-36+. The fraction of sp³-hybridized carbons (Fsp3) is 0.923. The first-order valence-corrected chi connectivity index (χ1v) is 34.1. The van der Waals surface area contributed by atoms with Gasteiger partial charge in [-0.05, 0) is 19.3 Å². The Morgan fingerprint density at radius 2 is 1.06 bits per heavy atom. The van der Waals surface area contributed by atoms with Gasteiger partial charge < -0.3 is 100 Å². The first kappa shape index (κ1) is 79.7. The van der Waals surface area contributed by atoms with Crippen molar-refractivity contribution in [3.63, 3.8) is 0 Å². The molecule has 0 radical (unpaired) electrons. The van der Waals surface area contributed by atoms with Crippen molar-refractivity contribution in [1.82, 2.24) is 10.6 Å². The minimum atomic E-state index is -3.08. The predicted molar refractivity (Wildman–Crippen MR) is 329 cm³/mol. The molecule has 3 saturated heterocycles. The number of aliphatic hydroxyl groups excluding tert-OH is 11. The number of hydrogen-bond donors (Lipinski definition) is 14. The third kappa shape index (κ3) is 29.2.